The van der Waals surface area contributed by atoms with E-state index < -0.39 is 5.60 Å². The molecule has 0 saturated carbocycles. The van der Waals surface area contributed by atoms with Gasteiger partial charge in [0, 0.05) is 37.9 Å². The van der Waals surface area contributed by atoms with Crippen LogP contribution in [0.15, 0.2) is 17.4 Å². The molecule has 1 saturated heterocycles. The fourth-order valence-corrected chi connectivity index (χ4v) is 3.59. The average Bonchev–Trinajstić information content (AvgIpc) is 3.27. The minimum absolute atomic E-state index is 0. The second-order valence-electron chi connectivity index (χ2n) is 8.28. The first-order valence-corrected chi connectivity index (χ1v) is 10.3. The zero-order valence-electron chi connectivity index (χ0n) is 18.1. The van der Waals surface area contributed by atoms with Crippen LogP contribution in [0, 0.1) is 5.92 Å². The maximum absolute atomic E-state index is 10.8. The number of nitrogens with one attached hydrogen (secondary N) is 2. The summed E-state index contributed by atoms with van der Waals surface area (Å²) in [5.41, 5.74) is -0.262. The van der Waals surface area contributed by atoms with Crippen molar-refractivity contribution in [2.45, 2.75) is 58.6 Å². The Labute approximate surface area is 187 Å². The Morgan fingerprint density at radius 1 is 1.32 bits per heavy atom. The smallest absolute Gasteiger partial charge is 0.191 e. The highest BCUT2D eigenvalue weighted by Gasteiger charge is 2.25. The summed E-state index contributed by atoms with van der Waals surface area (Å²) in [6.45, 7) is 12.8. The van der Waals surface area contributed by atoms with Crippen LogP contribution in [0.2, 0.25) is 0 Å². The SMILES string of the molecule is CCNC(=NCC(C)(O)c1cnn(C)c1)NCC(CC(C)C)N1CCCC1.I. The van der Waals surface area contributed by atoms with Crippen molar-refractivity contribution in [2.24, 2.45) is 18.0 Å². The monoisotopic (exact) mass is 506 g/mol. The number of aromatic nitrogens is 2. The number of hydrogen-bond donors (Lipinski definition) is 3. The standard InChI is InChI=1S/C20H38N6O.HI/c1-6-21-19(23-15-20(4,27)17-12-24-25(5)14-17)22-13-18(11-16(2)3)26-9-7-8-10-26;/h12,14,16,18,27H,6-11,13,15H2,1-5H3,(H2,21,22,23);1H. The molecule has 2 unspecified atom stereocenters. The molecule has 1 aromatic heterocycles. The van der Waals surface area contributed by atoms with E-state index >= 15 is 0 Å². The summed E-state index contributed by atoms with van der Waals surface area (Å²) in [5, 5.41) is 21.7. The number of aliphatic imine (C=N–C) groups is 1. The molecule has 1 aliphatic heterocycles. The van der Waals surface area contributed by atoms with Gasteiger partial charge in [-0.15, -0.1) is 24.0 Å². The van der Waals surface area contributed by atoms with Crippen LogP contribution in [0.25, 0.3) is 0 Å². The number of hydrogen-bond acceptors (Lipinski definition) is 4. The van der Waals surface area contributed by atoms with Gasteiger partial charge in [0.05, 0.1) is 12.7 Å². The van der Waals surface area contributed by atoms with Gasteiger partial charge in [0.1, 0.15) is 5.60 Å². The van der Waals surface area contributed by atoms with Gasteiger partial charge in [-0.05, 0) is 52.1 Å². The summed E-state index contributed by atoms with van der Waals surface area (Å²) in [6, 6.07) is 0.523. The van der Waals surface area contributed by atoms with Crippen molar-refractivity contribution in [1.29, 1.82) is 0 Å². The quantitative estimate of drug-likeness (QED) is 0.272. The van der Waals surface area contributed by atoms with Crippen LogP contribution in [0.1, 0.15) is 52.5 Å². The number of nitrogens with zero attached hydrogens (tertiary/aromatic N) is 4. The van der Waals surface area contributed by atoms with E-state index in [1.807, 2.05) is 13.2 Å². The van der Waals surface area contributed by atoms with E-state index in [0.717, 1.165) is 24.6 Å². The third-order valence-corrected chi connectivity index (χ3v) is 5.12. The largest absolute Gasteiger partial charge is 0.383 e. The van der Waals surface area contributed by atoms with Crippen LogP contribution in [-0.2, 0) is 12.6 Å². The van der Waals surface area contributed by atoms with Gasteiger partial charge in [-0.1, -0.05) is 13.8 Å². The number of rotatable bonds is 9. The normalized spacial score (nSPS) is 18.6. The highest BCUT2D eigenvalue weighted by atomic mass is 127. The molecule has 2 heterocycles. The predicted molar refractivity (Wildman–Crippen MR) is 126 cm³/mol. The summed E-state index contributed by atoms with van der Waals surface area (Å²) in [5.74, 6) is 1.43. The van der Waals surface area contributed by atoms with Gasteiger partial charge in [0.15, 0.2) is 5.96 Å². The zero-order chi connectivity index (χ0) is 19.9. The molecule has 1 aliphatic rings. The molecule has 2 rings (SSSR count). The first-order valence-electron chi connectivity index (χ1n) is 10.3. The van der Waals surface area contributed by atoms with Crippen molar-refractivity contribution in [3.8, 4) is 0 Å². The first-order chi connectivity index (χ1) is 12.8. The molecule has 3 N–H and O–H groups in total. The minimum atomic E-state index is -1.04. The second kappa shape index (κ2) is 12.0. The van der Waals surface area contributed by atoms with Gasteiger partial charge in [-0.3, -0.25) is 9.58 Å². The molecule has 1 fully saturated rings. The maximum atomic E-state index is 10.8. The van der Waals surface area contributed by atoms with Crippen LogP contribution in [0.3, 0.4) is 0 Å². The Balaban J connectivity index is 0.00000392. The first kappa shape index (κ1) is 25.2. The van der Waals surface area contributed by atoms with E-state index in [0.29, 0.717) is 12.0 Å². The lowest BCUT2D eigenvalue weighted by atomic mass is 10.0. The van der Waals surface area contributed by atoms with Gasteiger partial charge in [-0.2, -0.15) is 5.10 Å². The summed E-state index contributed by atoms with van der Waals surface area (Å²) in [4.78, 5) is 7.24. The molecule has 0 bridgehead atoms. The molecule has 7 nitrogen and oxygen atoms in total. The second-order valence-corrected chi connectivity index (χ2v) is 8.28. The van der Waals surface area contributed by atoms with E-state index in [9.17, 15) is 5.11 Å². The van der Waals surface area contributed by atoms with Gasteiger partial charge < -0.3 is 15.7 Å². The molecule has 0 spiro atoms. The molecule has 28 heavy (non-hydrogen) atoms. The van der Waals surface area contributed by atoms with Crippen LogP contribution in [0.4, 0.5) is 0 Å². The Hall–Kier alpha value is -0.870. The Morgan fingerprint density at radius 3 is 2.54 bits per heavy atom. The molecule has 162 valence electrons. The Bertz CT molecular complexity index is 595. The van der Waals surface area contributed by atoms with E-state index in [4.69, 9.17) is 0 Å². The predicted octanol–water partition coefficient (Wildman–Crippen LogP) is 2.31. The van der Waals surface area contributed by atoms with Crippen molar-refractivity contribution >= 4 is 29.9 Å². The lowest BCUT2D eigenvalue weighted by Crippen LogP contribution is -2.47. The fraction of sp³-hybridized carbons (Fsp3) is 0.800. The van der Waals surface area contributed by atoms with Crippen LogP contribution >= 0.6 is 24.0 Å². The topological polar surface area (TPSA) is 77.7 Å². The molecule has 2 atom stereocenters. The van der Waals surface area contributed by atoms with Crippen LogP contribution in [0.5, 0.6) is 0 Å². The molecule has 0 aromatic carbocycles. The molecule has 0 aliphatic carbocycles. The van der Waals surface area contributed by atoms with Gasteiger partial charge >= 0.3 is 0 Å². The molecular weight excluding hydrogens is 467 g/mol. The van der Waals surface area contributed by atoms with Crippen molar-refractivity contribution in [3.05, 3.63) is 18.0 Å². The van der Waals surface area contributed by atoms with Crippen LogP contribution < -0.4 is 10.6 Å². The van der Waals surface area contributed by atoms with Crippen molar-refractivity contribution in [1.82, 2.24) is 25.3 Å². The van der Waals surface area contributed by atoms with Crippen molar-refractivity contribution < 1.29 is 5.11 Å². The van der Waals surface area contributed by atoms with E-state index in [-0.39, 0.29) is 30.5 Å². The van der Waals surface area contributed by atoms with Crippen molar-refractivity contribution in [3.63, 3.8) is 0 Å². The molecule has 0 amide bonds. The summed E-state index contributed by atoms with van der Waals surface area (Å²) < 4.78 is 1.70. The van der Waals surface area contributed by atoms with E-state index in [1.54, 1.807) is 17.8 Å². The number of guanidine groups is 1. The van der Waals surface area contributed by atoms with Crippen molar-refractivity contribution in [2.75, 3.05) is 32.7 Å². The Kier molecular flexibility index (Phi) is 10.8. The maximum Gasteiger partial charge on any atom is 0.191 e. The van der Waals surface area contributed by atoms with E-state index in [1.165, 1.54) is 32.4 Å². The molecular formula is C20H39IN6O. The number of likely N-dealkylation sites (tertiary alicyclic amines) is 1. The van der Waals surface area contributed by atoms with Gasteiger partial charge in [-0.25, -0.2) is 4.99 Å². The fourth-order valence-electron chi connectivity index (χ4n) is 3.59. The summed E-state index contributed by atoms with van der Waals surface area (Å²) in [6.07, 6.45) is 7.32. The highest BCUT2D eigenvalue weighted by molar-refractivity contribution is 14.0. The Morgan fingerprint density at radius 2 is 2.00 bits per heavy atom. The lowest BCUT2D eigenvalue weighted by molar-refractivity contribution is 0.0671. The zero-order valence-corrected chi connectivity index (χ0v) is 20.4. The highest BCUT2D eigenvalue weighted by Crippen LogP contribution is 2.20. The number of aryl methyl sites for hydroxylation is 1. The van der Waals surface area contributed by atoms with Crippen LogP contribution in [-0.4, -0.2) is 64.5 Å². The molecule has 1 aromatic rings. The number of halogens is 1. The number of aliphatic hydroxyl groups is 1. The van der Waals surface area contributed by atoms with Gasteiger partial charge in [0.25, 0.3) is 0 Å². The third-order valence-electron chi connectivity index (χ3n) is 5.12. The molecule has 8 heteroatoms. The third kappa shape index (κ3) is 7.87. The minimum Gasteiger partial charge on any atom is -0.383 e. The summed E-state index contributed by atoms with van der Waals surface area (Å²) in [7, 11) is 1.85. The van der Waals surface area contributed by atoms with E-state index in [2.05, 4.69) is 46.4 Å². The lowest BCUT2D eigenvalue weighted by Gasteiger charge is -2.30. The van der Waals surface area contributed by atoms with Gasteiger partial charge in [0.2, 0.25) is 0 Å². The summed E-state index contributed by atoms with van der Waals surface area (Å²) >= 11 is 0. The molecule has 0 radical (unpaired) electrons. The average molecular weight is 506 g/mol.